The van der Waals surface area contributed by atoms with Gasteiger partial charge in [0.05, 0.1) is 6.54 Å². The topological polar surface area (TPSA) is 38.7 Å². The minimum atomic E-state index is 0.0774. The number of ketones is 1. The van der Waals surface area contributed by atoms with Crippen LogP contribution in [-0.4, -0.2) is 24.8 Å². The van der Waals surface area contributed by atoms with E-state index in [-0.39, 0.29) is 5.78 Å². The normalized spacial score (nSPS) is 15.3. The molecule has 0 fully saturated rings. The Bertz CT molecular complexity index is 199. The van der Waals surface area contributed by atoms with E-state index in [1.54, 1.807) is 0 Å². The van der Waals surface area contributed by atoms with Crippen molar-refractivity contribution in [1.82, 2.24) is 0 Å². The summed E-state index contributed by atoms with van der Waals surface area (Å²) in [5.74, 6) is 0.435. The molecule has 0 bridgehead atoms. The molecule has 0 amide bonds. The minimum Gasteiger partial charge on any atom is -0.473 e. The molecule has 0 aromatic carbocycles. The predicted octanol–water partition coefficient (Wildman–Crippen LogP) is 1.95. The van der Waals surface area contributed by atoms with Crippen LogP contribution in [0.5, 0.6) is 0 Å². The monoisotopic (exact) mass is 183 g/mol. The van der Waals surface area contributed by atoms with E-state index in [1.807, 2.05) is 0 Å². The molecular formula is C10H17NO2. The van der Waals surface area contributed by atoms with Crippen LogP contribution < -0.4 is 0 Å². The highest BCUT2D eigenvalue weighted by Gasteiger charge is 2.15. The number of unbranched alkanes of at least 4 members (excludes halogenated alkanes) is 3. The van der Waals surface area contributed by atoms with E-state index >= 15 is 0 Å². The predicted molar refractivity (Wildman–Crippen MR) is 52.0 cm³/mol. The van der Waals surface area contributed by atoms with Gasteiger partial charge in [-0.3, -0.25) is 4.79 Å². The lowest BCUT2D eigenvalue weighted by atomic mass is 10.1. The first-order valence-corrected chi connectivity index (χ1v) is 5.05. The van der Waals surface area contributed by atoms with Crippen LogP contribution in [0.2, 0.25) is 0 Å². The third-order valence-corrected chi connectivity index (χ3v) is 2.08. The lowest BCUT2D eigenvalue weighted by Crippen LogP contribution is -2.13. The Labute approximate surface area is 79.2 Å². The van der Waals surface area contributed by atoms with E-state index in [9.17, 15) is 4.79 Å². The second-order valence-electron chi connectivity index (χ2n) is 3.27. The van der Waals surface area contributed by atoms with E-state index in [0.29, 0.717) is 25.5 Å². The van der Waals surface area contributed by atoms with Gasteiger partial charge in [0.2, 0.25) is 5.78 Å². The number of hydrogen-bond donors (Lipinski definition) is 0. The quantitative estimate of drug-likeness (QED) is 0.590. The molecule has 3 heteroatoms. The molecule has 1 rings (SSSR count). The first-order valence-electron chi connectivity index (χ1n) is 5.05. The van der Waals surface area contributed by atoms with Crippen molar-refractivity contribution < 1.29 is 9.53 Å². The SMILES string of the molecule is CCCCCCC(=O)C1=NCCO1. The second-order valence-corrected chi connectivity index (χ2v) is 3.27. The minimum absolute atomic E-state index is 0.0774. The Hall–Kier alpha value is -0.860. The highest BCUT2D eigenvalue weighted by atomic mass is 16.5. The fourth-order valence-electron chi connectivity index (χ4n) is 1.32. The molecule has 13 heavy (non-hydrogen) atoms. The van der Waals surface area contributed by atoms with Gasteiger partial charge in [-0.15, -0.1) is 0 Å². The summed E-state index contributed by atoms with van der Waals surface area (Å²) in [5, 5.41) is 0. The van der Waals surface area contributed by atoms with E-state index in [2.05, 4.69) is 11.9 Å². The van der Waals surface area contributed by atoms with Crippen LogP contribution in [0, 0.1) is 0 Å². The van der Waals surface area contributed by atoms with Crippen LogP contribution in [0.25, 0.3) is 0 Å². The summed E-state index contributed by atoms with van der Waals surface area (Å²) in [6.45, 7) is 3.39. The summed E-state index contributed by atoms with van der Waals surface area (Å²) >= 11 is 0. The lowest BCUT2D eigenvalue weighted by Gasteiger charge is -2.00. The lowest BCUT2D eigenvalue weighted by molar-refractivity contribution is -0.114. The molecule has 1 heterocycles. The molecule has 0 saturated heterocycles. The van der Waals surface area contributed by atoms with Gasteiger partial charge >= 0.3 is 0 Å². The van der Waals surface area contributed by atoms with Crippen LogP contribution >= 0.6 is 0 Å². The third-order valence-electron chi connectivity index (χ3n) is 2.08. The summed E-state index contributed by atoms with van der Waals surface area (Å²) in [6, 6.07) is 0. The maximum absolute atomic E-state index is 11.4. The average molecular weight is 183 g/mol. The summed E-state index contributed by atoms with van der Waals surface area (Å²) in [5.41, 5.74) is 0. The molecule has 0 saturated carbocycles. The standard InChI is InChI=1S/C10H17NO2/c1-2-3-4-5-6-9(12)10-11-7-8-13-10/h2-8H2,1H3. The molecule has 1 aliphatic rings. The number of nitrogens with zero attached hydrogens (tertiary/aromatic N) is 1. The number of rotatable bonds is 6. The first kappa shape index (κ1) is 10.2. The molecule has 3 nitrogen and oxygen atoms in total. The number of hydrogen-bond acceptors (Lipinski definition) is 3. The zero-order valence-corrected chi connectivity index (χ0v) is 8.21. The molecule has 1 aliphatic heterocycles. The van der Waals surface area contributed by atoms with Crippen molar-refractivity contribution in [1.29, 1.82) is 0 Å². The fourth-order valence-corrected chi connectivity index (χ4v) is 1.32. The second kappa shape index (κ2) is 5.73. The van der Waals surface area contributed by atoms with Crippen LogP contribution in [0.1, 0.15) is 39.0 Å². The van der Waals surface area contributed by atoms with Crippen LogP contribution in [0.15, 0.2) is 4.99 Å². The van der Waals surface area contributed by atoms with Gasteiger partial charge in [0.15, 0.2) is 0 Å². The van der Waals surface area contributed by atoms with Crippen molar-refractivity contribution in [2.75, 3.05) is 13.2 Å². The number of aliphatic imine (C=N–C) groups is 1. The Morgan fingerprint density at radius 3 is 2.92 bits per heavy atom. The highest BCUT2D eigenvalue weighted by molar-refractivity contribution is 6.36. The van der Waals surface area contributed by atoms with Crippen LogP contribution in [0.4, 0.5) is 0 Å². The van der Waals surface area contributed by atoms with Gasteiger partial charge in [-0.05, 0) is 6.42 Å². The van der Waals surface area contributed by atoms with Crippen molar-refractivity contribution in [3.63, 3.8) is 0 Å². The van der Waals surface area contributed by atoms with Crippen molar-refractivity contribution in [2.45, 2.75) is 39.0 Å². The van der Waals surface area contributed by atoms with E-state index in [0.717, 1.165) is 12.8 Å². The molecule has 0 unspecified atom stereocenters. The van der Waals surface area contributed by atoms with Gasteiger partial charge < -0.3 is 4.74 Å². The molecule has 0 aromatic rings. The van der Waals surface area contributed by atoms with Gasteiger partial charge in [-0.2, -0.15) is 0 Å². The van der Waals surface area contributed by atoms with Crippen molar-refractivity contribution in [2.24, 2.45) is 4.99 Å². The number of carbonyl (C=O) groups excluding carboxylic acids is 1. The van der Waals surface area contributed by atoms with Gasteiger partial charge in [0.1, 0.15) is 6.61 Å². The number of Topliss-reactive ketones (excluding diaryl/α,β-unsaturated/α-hetero) is 1. The first-order chi connectivity index (χ1) is 6.34. The number of carbonyl (C=O) groups is 1. The zero-order valence-electron chi connectivity index (χ0n) is 8.21. The molecule has 0 aliphatic carbocycles. The molecule has 0 N–H and O–H groups in total. The van der Waals surface area contributed by atoms with Crippen LogP contribution in [-0.2, 0) is 9.53 Å². The summed E-state index contributed by atoms with van der Waals surface area (Å²) in [6.07, 6.45) is 5.11. The van der Waals surface area contributed by atoms with Crippen molar-refractivity contribution in [3.8, 4) is 0 Å². The Morgan fingerprint density at radius 2 is 2.31 bits per heavy atom. The van der Waals surface area contributed by atoms with Gasteiger partial charge in [-0.25, -0.2) is 4.99 Å². The smallest absolute Gasteiger partial charge is 0.253 e. The Kier molecular flexibility index (Phi) is 4.50. The fraction of sp³-hybridized carbons (Fsp3) is 0.800. The van der Waals surface area contributed by atoms with Gasteiger partial charge in [0, 0.05) is 6.42 Å². The number of ether oxygens (including phenoxy) is 1. The van der Waals surface area contributed by atoms with Crippen molar-refractivity contribution >= 4 is 11.7 Å². The molecule has 0 atom stereocenters. The summed E-state index contributed by atoms with van der Waals surface area (Å²) < 4.78 is 5.07. The molecule has 0 spiro atoms. The van der Waals surface area contributed by atoms with Gasteiger partial charge in [-0.1, -0.05) is 26.2 Å². The largest absolute Gasteiger partial charge is 0.473 e. The van der Waals surface area contributed by atoms with E-state index in [4.69, 9.17) is 4.74 Å². The Morgan fingerprint density at radius 1 is 1.46 bits per heavy atom. The van der Waals surface area contributed by atoms with Crippen LogP contribution in [0.3, 0.4) is 0 Å². The zero-order chi connectivity index (χ0) is 9.52. The van der Waals surface area contributed by atoms with E-state index < -0.39 is 0 Å². The molecule has 0 aromatic heterocycles. The molecule has 0 radical (unpaired) electrons. The highest BCUT2D eigenvalue weighted by Crippen LogP contribution is 2.05. The maximum atomic E-state index is 11.4. The Balaban J connectivity index is 2.10. The van der Waals surface area contributed by atoms with Gasteiger partial charge in [0.25, 0.3) is 5.90 Å². The van der Waals surface area contributed by atoms with E-state index in [1.165, 1.54) is 12.8 Å². The average Bonchev–Trinajstić information content (AvgIpc) is 2.65. The maximum Gasteiger partial charge on any atom is 0.253 e. The van der Waals surface area contributed by atoms with Crippen molar-refractivity contribution in [3.05, 3.63) is 0 Å². The third kappa shape index (κ3) is 3.57. The molecular weight excluding hydrogens is 166 g/mol. The summed E-state index contributed by atoms with van der Waals surface area (Å²) in [4.78, 5) is 15.3. The molecule has 74 valence electrons. The summed E-state index contributed by atoms with van der Waals surface area (Å²) in [7, 11) is 0.